The lowest BCUT2D eigenvalue weighted by atomic mass is 10.1. The molecule has 1 fully saturated rings. The van der Waals surface area contributed by atoms with Crippen molar-refractivity contribution in [3.8, 4) is 11.5 Å². The van der Waals surface area contributed by atoms with Crippen molar-refractivity contribution in [1.29, 1.82) is 0 Å². The monoisotopic (exact) mass is 379 g/mol. The number of rotatable bonds is 4. The van der Waals surface area contributed by atoms with Crippen LogP contribution in [0, 0.1) is 6.92 Å². The highest BCUT2D eigenvalue weighted by molar-refractivity contribution is 5.76. The minimum absolute atomic E-state index is 0.0486. The molecule has 0 aromatic heterocycles. The first-order valence-corrected chi connectivity index (χ1v) is 9.57. The summed E-state index contributed by atoms with van der Waals surface area (Å²) in [5, 5.41) is 2.88. The summed E-state index contributed by atoms with van der Waals surface area (Å²) < 4.78 is 10.8. The maximum absolute atomic E-state index is 12.4. The minimum atomic E-state index is -0.0486. The topological polar surface area (TPSA) is 54.0 Å². The molecule has 2 aromatic carbocycles. The average molecular weight is 379 g/mol. The van der Waals surface area contributed by atoms with Crippen molar-refractivity contribution >= 4 is 12.1 Å². The Kier molecular flexibility index (Phi) is 5.48. The zero-order chi connectivity index (χ0) is 19.3. The van der Waals surface area contributed by atoms with E-state index in [9.17, 15) is 4.79 Å². The van der Waals surface area contributed by atoms with Crippen LogP contribution in [0.2, 0.25) is 0 Å². The molecule has 0 atom stereocenters. The van der Waals surface area contributed by atoms with Crippen LogP contribution in [-0.2, 0) is 6.54 Å². The number of urea groups is 1. The van der Waals surface area contributed by atoms with Crippen LogP contribution in [0.3, 0.4) is 0 Å². The summed E-state index contributed by atoms with van der Waals surface area (Å²) in [4.78, 5) is 16.6. The van der Waals surface area contributed by atoms with Crippen LogP contribution in [0.15, 0.2) is 48.7 Å². The summed E-state index contributed by atoms with van der Waals surface area (Å²) in [5.41, 5.74) is 3.49. The first-order valence-electron chi connectivity index (χ1n) is 9.57. The number of carbonyl (C=O) groups is 1. The first-order chi connectivity index (χ1) is 13.7. The van der Waals surface area contributed by atoms with Gasteiger partial charge in [0.05, 0.1) is 0 Å². The number of benzene rings is 2. The van der Waals surface area contributed by atoms with E-state index < -0.39 is 0 Å². The molecular formula is C22H25N3O3. The number of ether oxygens (including phenoxy) is 2. The van der Waals surface area contributed by atoms with E-state index in [4.69, 9.17) is 9.47 Å². The number of nitrogens with zero attached hydrogens (tertiary/aromatic N) is 2. The van der Waals surface area contributed by atoms with E-state index in [0.29, 0.717) is 19.9 Å². The van der Waals surface area contributed by atoms with Gasteiger partial charge in [-0.1, -0.05) is 30.3 Å². The Morgan fingerprint density at radius 2 is 1.86 bits per heavy atom. The van der Waals surface area contributed by atoms with Gasteiger partial charge in [0, 0.05) is 38.9 Å². The van der Waals surface area contributed by atoms with Crippen LogP contribution in [0.25, 0.3) is 6.08 Å². The summed E-state index contributed by atoms with van der Waals surface area (Å²) in [6.07, 6.45) is 3.66. The zero-order valence-electron chi connectivity index (χ0n) is 16.1. The standard InChI is InChI=1S/C22H25N3O3/c1-17-4-2-3-5-19(17)8-9-23-22(26)25-12-10-24(11-13-25)15-18-6-7-20-21(14-18)28-16-27-20/h2-9,14H,10-13,15-16H2,1H3,(H,23,26)/b9-8+. The van der Waals surface area contributed by atoms with Crippen LogP contribution in [-0.4, -0.2) is 48.8 Å². The lowest BCUT2D eigenvalue weighted by molar-refractivity contribution is 0.137. The van der Waals surface area contributed by atoms with Gasteiger partial charge in [0.2, 0.25) is 6.79 Å². The molecule has 4 rings (SSSR count). The molecule has 2 amide bonds. The molecule has 1 N–H and O–H groups in total. The lowest BCUT2D eigenvalue weighted by Gasteiger charge is -2.34. The highest BCUT2D eigenvalue weighted by Gasteiger charge is 2.21. The van der Waals surface area contributed by atoms with Crippen LogP contribution in [0.1, 0.15) is 16.7 Å². The molecular weight excluding hydrogens is 354 g/mol. The summed E-state index contributed by atoms with van der Waals surface area (Å²) in [6.45, 7) is 6.33. The van der Waals surface area contributed by atoms with Gasteiger partial charge in [0.1, 0.15) is 0 Å². The van der Waals surface area contributed by atoms with Crippen LogP contribution < -0.4 is 14.8 Å². The summed E-state index contributed by atoms with van der Waals surface area (Å²) in [5.74, 6) is 1.62. The van der Waals surface area contributed by atoms with Gasteiger partial charge in [-0.2, -0.15) is 0 Å². The highest BCUT2D eigenvalue weighted by Crippen LogP contribution is 2.32. The van der Waals surface area contributed by atoms with Crippen molar-refractivity contribution in [3.05, 3.63) is 65.4 Å². The molecule has 2 aliphatic rings. The quantitative estimate of drug-likeness (QED) is 0.886. The van der Waals surface area contributed by atoms with Crippen LogP contribution in [0.5, 0.6) is 11.5 Å². The predicted molar refractivity (Wildman–Crippen MR) is 108 cm³/mol. The van der Waals surface area contributed by atoms with Gasteiger partial charge >= 0.3 is 6.03 Å². The van der Waals surface area contributed by atoms with E-state index >= 15 is 0 Å². The third kappa shape index (κ3) is 4.28. The van der Waals surface area contributed by atoms with Gasteiger partial charge in [-0.05, 0) is 41.8 Å². The molecule has 28 heavy (non-hydrogen) atoms. The summed E-state index contributed by atoms with van der Waals surface area (Å²) >= 11 is 0. The fourth-order valence-corrected chi connectivity index (χ4v) is 3.47. The van der Waals surface area contributed by atoms with Gasteiger partial charge in [0.25, 0.3) is 0 Å². The van der Waals surface area contributed by atoms with E-state index in [0.717, 1.165) is 36.7 Å². The molecule has 0 unspecified atom stereocenters. The number of nitrogens with one attached hydrogen (secondary N) is 1. The minimum Gasteiger partial charge on any atom is -0.454 e. The normalized spacial score (nSPS) is 16.5. The number of carbonyl (C=O) groups excluding carboxylic acids is 1. The van der Waals surface area contributed by atoms with Crippen molar-refractivity contribution in [2.45, 2.75) is 13.5 Å². The third-order valence-electron chi connectivity index (χ3n) is 5.16. The van der Waals surface area contributed by atoms with Gasteiger partial charge in [-0.15, -0.1) is 0 Å². The largest absolute Gasteiger partial charge is 0.454 e. The van der Waals surface area contributed by atoms with Gasteiger partial charge in [0.15, 0.2) is 11.5 Å². The molecule has 0 radical (unpaired) electrons. The van der Waals surface area contributed by atoms with Crippen molar-refractivity contribution in [1.82, 2.24) is 15.1 Å². The highest BCUT2D eigenvalue weighted by atomic mass is 16.7. The molecule has 2 aromatic rings. The Bertz CT molecular complexity index is 873. The molecule has 0 aliphatic carbocycles. The van der Waals surface area contributed by atoms with E-state index in [1.807, 2.05) is 41.3 Å². The molecule has 2 heterocycles. The Hall–Kier alpha value is -2.99. The molecule has 2 aliphatic heterocycles. The number of hydrogen-bond acceptors (Lipinski definition) is 4. The SMILES string of the molecule is Cc1ccccc1/C=C/NC(=O)N1CCN(Cc2ccc3c(c2)OCO3)CC1. The number of hydrogen-bond donors (Lipinski definition) is 1. The second kappa shape index (κ2) is 8.35. The van der Waals surface area contributed by atoms with Gasteiger partial charge in [-0.25, -0.2) is 4.79 Å². The average Bonchev–Trinajstić information content (AvgIpc) is 3.18. The fourth-order valence-electron chi connectivity index (χ4n) is 3.47. The van der Waals surface area contributed by atoms with Crippen LogP contribution in [0.4, 0.5) is 4.79 Å². The zero-order valence-corrected chi connectivity index (χ0v) is 16.1. The molecule has 0 spiro atoms. The van der Waals surface area contributed by atoms with E-state index in [1.54, 1.807) is 6.20 Å². The second-order valence-corrected chi connectivity index (χ2v) is 7.09. The third-order valence-corrected chi connectivity index (χ3v) is 5.16. The van der Waals surface area contributed by atoms with Gasteiger partial charge in [-0.3, -0.25) is 4.90 Å². The number of piperazine rings is 1. The Balaban J connectivity index is 1.24. The first kappa shape index (κ1) is 18.4. The Morgan fingerprint density at radius 1 is 1.07 bits per heavy atom. The predicted octanol–water partition coefficient (Wildman–Crippen LogP) is 3.22. The van der Waals surface area contributed by atoms with Crippen molar-refractivity contribution < 1.29 is 14.3 Å². The molecule has 0 saturated carbocycles. The summed E-state index contributed by atoms with van der Waals surface area (Å²) in [7, 11) is 0. The lowest BCUT2D eigenvalue weighted by Crippen LogP contribution is -2.50. The van der Waals surface area contributed by atoms with E-state index in [-0.39, 0.29) is 6.03 Å². The summed E-state index contributed by atoms with van der Waals surface area (Å²) in [6, 6.07) is 14.1. The van der Waals surface area contributed by atoms with Gasteiger partial charge < -0.3 is 19.7 Å². The van der Waals surface area contributed by atoms with Crippen LogP contribution >= 0.6 is 0 Å². The second-order valence-electron chi connectivity index (χ2n) is 7.09. The van der Waals surface area contributed by atoms with Crippen molar-refractivity contribution in [2.24, 2.45) is 0 Å². The number of amides is 2. The maximum atomic E-state index is 12.4. The van der Waals surface area contributed by atoms with E-state index in [1.165, 1.54) is 11.1 Å². The van der Waals surface area contributed by atoms with E-state index in [2.05, 4.69) is 29.3 Å². The number of fused-ring (bicyclic) bond motifs is 1. The fraction of sp³-hybridized carbons (Fsp3) is 0.318. The molecule has 1 saturated heterocycles. The molecule has 6 heteroatoms. The molecule has 0 bridgehead atoms. The Labute approximate surface area is 165 Å². The smallest absolute Gasteiger partial charge is 0.321 e. The Morgan fingerprint density at radius 3 is 2.68 bits per heavy atom. The number of aryl methyl sites for hydroxylation is 1. The van der Waals surface area contributed by atoms with Crippen molar-refractivity contribution in [2.75, 3.05) is 33.0 Å². The molecule has 146 valence electrons. The maximum Gasteiger partial charge on any atom is 0.321 e. The van der Waals surface area contributed by atoms with Crippen molar-refractivity contribution in [3.63, 3.8) is 0 Å². The molecule has 6 nitrogen and oxygen atoms in total.